The third-order valence-electron chi connectivity index (χ3n) is 6.57. The summed E-state index contributed by atoms with van der Waals surface area (Å²) in [4.78, 5) is 27.4. The summed E-state index contributed by atoms with van der Waals surface area (Å²) in [5.74, 6) is 0.137. The third kappa shape index (κ3) is 6.07. The van der Waals surface area contributed by atoms with Crippen LogP contribution >= 0.6 is 11.6 Å². The Morgan fingerprint density at radius 3 is 2.77 bits per heavy atom. The average molecular weight is 551 g/mol. The molecule has 0 radical (unpaired) electrons. The first-order chi connectivity index (χ1) is 18.7. The minimum atomic E-state index is -0.604. The molecule has 0 atom stereocenters. The van der Waals surface area contributed by atoms with Gasteiger partial charge in [-0.05, 0) is 52.5 Å². The average Bonchev–Trinajstić information content (AvgIpc) is 3.32. The molecule has 1 fully saturated rings. The maximum Gasteiger partial charge on any atom is 0.271 e. The normalized spacial score (nSPS) is 15.6. The number of hydrogen-bond donors (Lipinski definition) is 1. The predicted octanol–water partition coefficient (Wildman–Crippen LogP) is 4.39. The van der Waals surface area contributed by atoms with Crippen LogP contribution in [0.15, 0.2) is 52.7 Å². The molecule has 1 aliphatic rings. The van der Waals surface area contributed by atoms with Crippen LogP contribution in [0.5, 0.6) is 5.75 Å². The second kappa shape index (κ2) is 11.6. The molecule has 202 valence electrons. The first-order valence-corrected chi connectivity index (χ1v) is 12.7. The van der Waals surface area contributed by atoms with Crippen molar-refractivity contribution in [2.45, 2.75) is 39.2 Å². The zero-order chi connectivity index (χ0) is 28.2. The fourth-order valence-corrected chi connectivity index (χ4v) is 4.65. The van der Waals surface area contributed by atoms with E-state index in [1.54, 1.807) is 16.9 Å². The summed E-state index contributed by atoms with van der Waals surface area (Å²) < 4.78 is 20.6. The summed E-state index contributed by atoms with van der Waals surface area (Å²) in [6.45, 7) is 11.0. The number of carbonyl (C=O) groups is 1. The van der Waals surface area contributed by atoms with Crippen LogP contribution in [0, 0.1) is 17.1 Å². The van der Waals surface area contributed by atoms with Crippen LogP contribution in [-0.4, -0.2) is 63.1 Å². The van der Waals surface area contributed by atoms with Gasteiger partial charge in [0.15, 0.2) is 0 Å². The van der Waals surface area contributed by atoms with Crippen LogP contribution in [0.25, 0.3) is 5.52 Å². The van der Waals surface area contributed by atoms with Gasteiger partial charge in [0.1, 0.15) is 29.2 Å². The second-order valence-corrected chi connectivity index (χ2v) is 9.74. The van der Waals surface area contributed by atoms with Crippen molar-refractivity contribution in [1.29, 1.82) is 5.26 Å². The van der Waals surface area contributed by atoms with Crippen molar-refractivity contribution >= 4 is 35.5 Å². The van der Waals surface area contributed by atoms with Crippen molar-refractivity contribution in [2.24, 2.45) is 9.98 Å². The molecule has 4 rings (SSSR count). The smallest absolute Gasteiger partial charge is 0.271 e. The van der Waals surface area contributed by atoms with Gasteiger partial charge in [-0.15, -0.1) is 0 Å². The predicted molar refractivity (Wildman–Crippen MR) is 147 cm³/mol. The topological polar surface area (TPSA) is 120 Å². The van der Waals surface area contributed by atoms with Crippen LogP contribution in [0.2, 0.25) is 5.02 Å². The first kappa shape index (κ1) is 27.7. The van der Waals surface area contributed by atoms with Crippen LogP contribution in [0.4, 0.5) is 4.39 Å². The van der Waals surface area contributed by atoms with Gasteiger partial charge in [0.05, 0.1) is 47.5 Å². The standard InChI is InChI=1S/C27H28ClFN8O2/c1-5-39-20-11-21(25-18(12-30)13-34-37(25)16-20)17(2)32-15-23(31-4)36-8-6-27(3,7-9-36)35-26(38)24-22(28)10-19(29)14-33-24/h10-11,13-16H,4-9H2,1-3H3,(H,35,38)/b23-15+,32-17?. The number of amides is 1. The van der Waals surface area contributed by atoms with E-state index >= 15 is 0 Å². The Morgan fingerprint density at radius 2 is 2.13 bits per heavy atom. The number of halogens is 2. The lowest BCUT2D eigenvalue weighted by Gasteiger charge is -2.40. The summed E-state index contributed by atoms with van der Waals surface area (Å²) >= 11 is 6.00. The minimum Gasteiger partial charge on any atom is -0.492 e. The van der Waals surface area contributed by atoms with Gasteiger partial charge in [-0.1, -0.05) is 11.6 Å². The number of nitrogens with one attached hydrogen (secondary N) is 1. The van der Waals surface area contributed by atoms with E-state index in [-0.39, 0.29) is 10.7 Å². The number of nitriles is 1. The van der Waals surface area contributed by atoms with Crippen LogP contribution in [0.1, 0.15) is 55.2 Å². The van der Waals surface area contributed by atoms with Crippen LogP contribution < -0.4 is 10.1 Å². The number of fused-ring (bicyclic) bond motifs is 1. The monoisotopic (exact) mass is 550 g/mol. The van der Waals surface area contributed by atoms with E-state index in [0.29, 0.717) is 60.9 Å². The Kier molecular flexibility index (Phi) is 8.26. The maximum absolute atomic E-state index is 13.3. The van der Waals surface area contributed by atoms with Crippen LogP contribution in [0.3, 0.4) is 0 Å². The highest BCUT2D eigenvalue weighted by Crippen LogP contribution is 2.27. The number of ether oxygens (including phenoxy) is 1. The number of carbonyl (C=O) groups excluding carboxylic acids is 1. The lowest BCUT2D eigenvalue weighted by atomic mass is 9.89. The molecule has 4 heterocycles. The zero-order valence-electron chi connectivity index (χ0n) is 21.9. The Bertz CT molecular complexity index is 1520. The molecule has 0 aromatic carbocycles. The molecule has 1 N–H and O–H groups in total. The van der Waals surface area contributed by atoms with E-state index in [4.69, 9.17) is 16.3 Å². The molecule has 1 saturated heterocycles. The Hall–Kier alpha value is -4.30. The molecule has 0 aliphatic carbocycles. The Balaban J connectivity index is 1.50. The Labute approximate surface area is 230 Å². The van der Waals surface area contributed by atoms with E-state index in [2.05, 4.69) is 38.2 Å². The molecule has 10 nitrogen and oxygen atoms in total. The highest BCUT2D eigenvalue weighted by atomic mass is 35.5. The highest BCUT2D eigenvalue weighted by molar-refractivity contribution is 6.33. The van der Waals surface area contributed by atoms with Gasteiger partial charge in [0.2, 0.25) is 0 Å². The van der Waals surface area contributed by atoms with Crippen molar-refractivity contribution in [3.8, 4) is 11.8 Å². The summed E-state index contributed by atoms with van der Waals surface area (Å²) in [7, 11) is 0. The number of nitrogens with zero attached hydrogens (tertiary/aromatic N) is 7. The molecular formula is C27H28ClFN8O2. The molecule has 3 aromatic rings. The van der Waals surface area contributed by atoms with Gasteiger partial charge in [-0.25, -0.2) is 18.9 Å². The molecule has 0 bridgehead atoms. The van der Waals surface area contributed by atoms with Gasteiger partial charge in [0.25, 0.3) is 5.91 Å². The maximum atomic E-state index is 13.3. The fraction of sp³-hybridized carbons (Fsp3) is 0.333. The summed E-state index contributed by atoms with van der Waals surface area (Å²) in [5.41, 5.74) is 1.92. The van der Waals surface area contributed by atoms with Crippen LogP contribution in [-0.2, 0) is 0 Å². The molecule has 1 aliphatic heterocycles. The fourth-order valence-electron chi connectivity index (χ4n) is 4.42. The van der Waals surface area contributed by atoms with E-state index in [0.717, 1.165) is 17.8 Å². The lowest BCUT2D eigenvalue weighted by Crippen LogP contribution is -2.53. The highest BCUT2D eigenvalue weighted by Gasteiger charge is 2.33. The molecular weight excluding hydrogens is 523 g/mol. The van der Waals surface area contributed by atoms with Crippen molar-refractivity contribution in [3.63, 3.8) is 0 Å². The first-order valence-electron chi connectivity index (χ1n) is 12.3. The molecule has 0 spiro atoms. The van der Waals surface area contributed by atoms with Crippen molar-refractivity contribution < 1.29 is 13.9 Å². The Morgan fingerprint density at radius 1 is 1.38 bits per heavy atom. The van der Waals surface area contributed by atoms with Gasteiger partial charge in [-0.3, -0.25) is 9.79 Å². The number of aliphatic imine (C=N–C) groups is 2. The zero-order valence-corrected chi connectivity index (χ0v) is 22.7. The second-order valence-electron chi connectivity index (χ2n) is 9.33. The number of likely N-dealkylation sites (tertiary alicyclic amines) is 1. The largest absolute Gasteiger partial charge is 0.492 e. The number of hydrogen-bond acceptors (Lipinski definition) is 8. The van der Waals surface area contributed by atoms with Crippen molar-refractivity contribution in [2.75, 3.05) is 19.7 Å². The molecule has 1 amide bonds. The third-order valence-corrected chi connectivity index (χ3v) is 6.86. The molecule has 3 aromatic heterocycles. The number of aromatic nitrogens is 3. The summed E-state index contributed by atoms with van der Waals surface area (Å²) in [6.07, 6.45) is 7.08. The van der Waals surface area contributed by atoms with Gasteiger partial charge >= 0.3 is 0 Å². The van der Waals surface area contributed by atoms with E-state index in [1.807, 2.05) is 31.7 Å². The SMILES string of the molecule is C=N/C(=C\N=C(C)c1cc(OCC)cn2ncc(C#N)c12)N1CCC(C)(NC(=O)c2ncc(F)cc2Cl)CC1. The molecule has 0 saturated carbocycles. The van der Waals surface area contributed by atoms with E-state index in [1.165, 1.54) is 6.20 Å². The molecule has 12 heteroatoms. The minimum absolute atomic E-state index is 0.0138. The number of rotatable bonds is 8. The lowest BCUT2D eigenvalue weighted by molar-refractivity contribution is 0.0850. The van der Waals surface area contributed by atoms with Gasteiger partial charge < -0.3 is 15.0 Å². The summed E-state index contributed by atoms with van der Waals surface area (Å²) in [5, 5.41) is 16.8. The quantitative estimate of drug-likeness (QED) is 0.415. The molecule has 39 heavy (non-hydrogen) atoms. The van der Waals surface area contributed by atoms with Gasteiger partial charge in [-0.2, -0.15) is 10.4 Å². The molecule has 0 unspecified atom stereocenters. The van der Waals surface area contributed by atoms with E-state index in [9.17, 15) is 14.4 Å². The number of pyridine rings is 2. The van der Waals surface area contributed by atoms with E-state index < -0.39 is 17.3 Å². The number of piperidine rings is 1. The summed E-state index contributed by atoms with van der Waals surface area (Å²) in [6, 6.07) is 5.08. The van der Waals surface area contributed by atoms with Gasteiger partial charge in [0, 0.05) is 29.9 Å². The van der Waals surface area contributed by atoms with Crippen molar-refractivity contribution in [3.05, 3.63) is 70.4 Å². The van der Waals surface area contributed by atoms with Crippen molar-refractivity contribution in [1.82, 2.24) is 24.8 Å².